The van der Waals surface area contributed by atoms with Crippen molar-refractivity contribution in [3.63, 3.8) is 0 Å². The first kappa shape index (κ1) is 39.3. The molecular weight excluding hydrogens is 952 g/mol. The summed E-state index contributed by atoms with van der Waals surface area (Å²) in [6, 6.07) is 63.4. The second-order valence-corrected chi connectivity index (χ2v) is 19.1. The van der Waals surface area contributed by atoms with E-state index >= 15 is 0 Å². The smallest absolute Gasteiger partial charge is 0.0558 e. The number of hydrogen-bond donors (Lipinski definition) is 0. The van der Waals surface area contributed by atoms with Crippen molar-refractivity contribution in [3.8, 4) is 50.9 Å². The Balaban J connectivity index is 1.06. The summed E-state index contributed by atoms with van der Waals surface area (Å²) in [4.78, 5) is 4.91. The van der Waals surface area contributed by atoms with Crippen LogP contribution in [0.4, 0.5) is 0 Å². The third kappa shape index (κ3) is 6.64. The summed E-state index contributed by atoms with van der Waals surface area (Å²) < 4.78 is 14.7. The van der Waals surface area contributed by atoms with Crippen LogP contribution < -0.4 is 4.74 Å². The van der Waals surface area contributed by atoms with Gasteiger partial charge in [0, 0.05) is 6.20 Å². The molecule has 3 aromatic heterocycles. The van der Waals surface area contributed by atoms with Crippen LogP contribution in [-0.4, -0.2) is 18.7 Å². The molecule has 0 amide bonds. The Labute approximate surface area is 379 Å². The molecule has 10 aromatic rings. The molecule has 0 saturated carbocycles. The van der Waals surface area contributed by atoms with Crippen molar-refractivity contribution in [1.82, 2.24) is 18.7 Å². The number of pyridine rings is 1. The van der Waals surface area contributed by atoms with E-state index in [9.17, 15) is 0 Å². The molecule has 0 unspecified atom stereocenters. The summed E-state index contributed by atoms with van der Waals surface area (Å²) in [6.45, 7) is 11.7. The zero-order chi connectivity index (χ0) is 43.0. The number of aryl methyl sites for hydroxylation is 1. The molecule has 63 heavy (non-hydrogen) atoms. The van der Waals surface area contributed by atoms with Crippen LogP contribution in [0.5, 0.6) is 11.5 Å². The Morgan fingerprint density at radius 3 is 1.83 bits per heavy atom. The predicted molar refractivity (Wildman–Crippen MR) is 253 cm³/mol. The third-order valence-electron chi connectivity index (χ3n) is 13.1. The molecule has 0 aliphatic heterocycles. The molecule has 0 fully saturated rings. The normalized spacial score (nSPS) is 14.3. The topological polar surface area (TPSA) is 36.9 Å². The van der Waals surface area contributed by atoms with E-state index in [4.69, 9.17) is 9.72 Å². The van der Waals surface area contributed by atoms with Crippen molar-refractivity contribution in [2.75, 3.05) is 0 Å². The van der Waals surface area contributed by atoms with Gasteiger partial charge in [-0.15, -0.1) is 0 Å². The monoisotopic (exact) mass is 997 g/mol. The zero-order valence-corrected chi connectivity index (χ0v) is 38.3. The average Bonchev–Trinajstić information content (AvgIpc) is 3.78. The fraction of sp³-hybridized carbons (Fsp3) is 0.158. The van der Waals surface area contributed by atoms with Gasteiger partial charge < -0.3 is 0 Å². The van der Waals surface area contributed by atoms with Gasteiger partial charge in [-0.2, -0.15) is 0 Å². The molecule has 3 heterocycles. The van der Waals surface area contributed by atoms with Crippen LogP contribution in [0.1, 0.15) is 57.2 Å². The van der Waals surface area contributed by atoms with Crippen molar-refractivity contribution in [2.45, 2.75) is 58.3 Å². The Bertz CT molecular complexity index is 3410. The molecule has 312 valence electrons. The Hall–Kier alpha value is -6.55. The fourth-order valence-electron chi connectivity index (χ4n) is 9.71. The van der Waals surface area contributed by atoms with E-state index in [0.29, 0.717) is 11.5 Å². The number of fused-ring (bicyclic) bond motifs is 5. The van der Waals surface area contributed by atoms with Crippen LogP contribution in [0.25, 0.3) is 72.3 Å². The Morgan fingerprint density at radius 2 is 1.16 bits per heavy atom. The minimum absolute atomic E-state index is 0.0663. The number of hydrogen-bond acceptors (Lipinski definition) is 2. The first-order valence-corrected chi connectivity index (χ1v) is 22.8. The number of para-hydroxylation sites is 3. The summed E-state index contributed by atoms with van der Waals surface area (Å²) in [6.07, 6.45) is 4.20. The van der Waals surface area contributed by atoms with E-state index in [1.807, 2.05) is 30.5 Å². The van der Waals surface area contributed by atoms with Gasteiger partial charge in [0.25, 0.3) is 0 Å². The summed E-state index contributed by atoms with van der Waals surface area (Å²) >= 11 is 2.48. The molecule has 0 saturated heterocycles. The molecule has 11 rings (SSSR count). The number of nitrogens with zero attached hydrogens (tertiary/aromatic N) is 4. The van der Waals surface area contributed by atoms with E-state index in [-0.39, 0.29) is 10.8 Å². The van der Waals surface area contributed by atoms with Gasteiger partial charge >= 0.3 is 294 Å². The molecule has 0 N–H and O–H groups in total. The maximum atomic E-state index is 6.76. The number of rotatable bonds is 7. The quantitative estimate of drug-likeness (QED) is 0.149. The molecule has 1 aliphatic carbocycles. The molecule has 0 atom stereocenters. The van der Waals surface area contributed by atoms with E-state index in [1.165, 1.54) is 16.5 Å². The van der Waals surface area contributed by atoms with Crippen LogP contribution in [0.15, 0.2) is 164 Å². The van der Waals surface area contributed by atoms with Gasteiger partial charge in [-0.3, -0.25) is 0 Å². The summed E-state index contributed by atoms with van der Waals surface area (Å²) in [5.74, 6) is 2.09. The van der Waals surface area contributed by atoms with Crippen LogP contribution in [-0.2, 0) is 30.2 Å². The van der Waals surface area contributed by atoms with E-state index < -0.39 is 0 Å². The molecule has 7 aromatic carbocycles. The summed E-state index contributed by atoms with van der Waals surface area (Å²) in [5, 5.41) is 2.34. The maximum absolute atomic E-state index is 6.76. The molecular formula is C57H46N4OPt-2. The SMILES string of the molecule is Cc1ccnc(-n2c3[c-]c(Oc4[c-]c(-n5[c](=[Pt])n(-c6c(-c7ccccc7)cccc6-c6ccccc6)c6ccccc65)ccc4)ccc3c3cc4c(cc32)C(C)(C)CCC4(C)C)c1. The number of benzene rings is 7. The van der Waals surface area contributed by atoms with Gasteiger partial charge in [0.15, 0.2) is 0 Å². The Kier molecular flexibility index (Phi) is 9.40. The molecule has 5 nitrogen and oxygen atoms in total. The van der Waals surface area contributed by atoms with Gasteiger partial charge in [-0.05, 0) is 53.4 Å². The van der Waals surface area contributed by atoms with E-state index in [1.54, 1.807) is 0 Å². The number of aromatic nitrogens is 4. The second kappa shape index (κ2) is 15.1. The average molecular weight is 998 g/mol. The minimum atomic E-state index is 0.0663. The van der Waals surface area contributed by atoms with Gasteiger partial charge in [0.05, 0.1) is 0 Å². The van der Waals surface area contributed by atoms with Crippen molar-refractivity contribution < 1.29 is 24.1 Å². The standard InChI is InChI=1S/C57H46N4O.Pt/c1-38-28-31-58-54(32-38)61-52-34-43(26-27-46(52)47-35-48-49(36-53(47)61)57(4,5)30-29-56(48,2)3)62-42-21-14-20-41(33-42)59-37-60(51-25-13-12-24-50(51)59)55-44(39-16-8-6-9-17-39)22-15-23-45(55)40-18-10-7-11-19-40;/h6-28,31-32,35-36H,29-30H2,1-5H3;/q-2;. The van der Waals surface area contributed by atoms with Crippen LogP contribution in [0, 0.1) is 22.9 Å². The van der Waals surface area contributed by atoms with Crippen molar-refractivity contribution in [2.24, 2.45) is 0 Å². The van der Waals surface area contributed by atoms with Crippen LogP contribution in [0.3, 0.4) is 0 Å². The minimum Gasteiger partial charge on any atom is -0.0558 e. The van der Waals surface area contributed by atoms with Gasteiger partial charge in [0.2, 0.25) is 0 Å². The first-order chi connectivity index (χ1) is 30.6. The number of imidazole rings is 1. The van der Waals surface area contributed by atoms with Crippen molar-refractivity contribution >= 4 is 32.8 Å². The zero-order valence-electron chi connectivity index (χ0n) is 36.0. The molecule has 0 bridgehead atoms. The molecule has 0 spiro atoms. The van der Waals surface area contributed by atoms with Gasteiger partial charge in [0.1, 0.15) is 0 Å². The second-order valence-electron chi connectivity index (χ2n) is 18.1. The van der Waals surface area contributed by atoms with Crippen LogP contribution >= 0.6 is 0 Å². The van der Waals surface area contributed by atoms with E-state index in [0.717, 1.165) is 89.1 Å². The van der Waals surface area contributed by atoms with E-state index in [2.05, 4.69) is 213 Å². The predicted octanol–water partition coefficient (Wildman–Crippen LogP) is 14.4. The summed E-state index contributed by atoms with van der Waals surface area (Å²) in [7, 11) is 0. The van der Waals surface area contributed by atoms with Gasteiger partial charge in [-0.1, -0.05) is 27.7 Å². The van der Waals surface area contributed by atoms with Crippen LogP contribution in [0.2, 0.25) is 0 Å². The summed E-state index contributed by atoms with van der Waals surface area (Å²) in [5.41, 5.74) is 15.0. The Morgan fingerprint density at radius 1 is 0.556 bits per heavy atom. The molecule has 6 heteroatoms. The van der Waals surface area contributed by atoms with Crippen molar-refractivity contribution in [3.05, 3.63) is 197 Å². The first-order valence-electron chi connectivity index (χ1n) is 21.7. The molecule has 0 radical (unpaired) electrons. The third-order valence-corrected chi connectivity index (χ3v) is 14.1. The van der Waals surface area contributed by atoms with Gasteiger partial charge in [-0.25, -0.2) is 0 Å². The molecule has 1 aliphatic rings. The number of ether oxygens (including phenoxy) is 1. The fourth-order valence-corrected chi connectivity index (χ4v) is 10.8. The van der Waals surface area contributed by atoms with Crippen molar-refractivity contribution in [1.29, 1.82) is 0 Å².